The lowest BCUT2D eigenvalue weighted by atomic mass is 9.99. The van der Waals surface area contributed by atoms with E-state index in [0.29, 0.717) is 13.0 Å². The predicted octanol–water partition coefficient (Wildman–Crippen LogP) is -0.223. The molecule has 2 heterocycles. The van der Waals surface area contributed by atoms with E-state index in [9.17, 15) is 12.8 Å². The Kier molecular flexibility index (Phi) is 3.36. The Hall–Kier alpha value is -1.12. The van der Waals surface area contributed by atoms with Crippen molar-refractivity contribution >= 4 is 10.0 Å². The van der Waals surface area contributed by atoms with Gasteiger partial charge in [-0.15, -0.1) is 0 Å². The van der Waals surface area contributed by atoms with Gasteiger partial charge in [0.2, 0.25) is 10.0 Å². The Morgan fingerprint density at radius 3 is 2.65 bits per heavy atom. The molecule has 17 heavy (non-hydrogen) atoms. The molecule has 0 aromatic carbocycles. The average Bonchev–Trinajstić information content (AvgIpc) is 2.29. The quantitative estimate of drug-likeness (QED) is 0.794. The lowest BCUT2D eigenvalue weighted by Gasteiger charge is -2.28. The molecular formula is C9H12FN3O3S. The Bertz CT molecular complexity index is 491. The van der Waals surface area contributed by atoms with Crippen LogP contribution < -0.4 is 5.14 Å². The molecule has 0 radical (unpaired) electrons. The van der Waals surface area contributed by atoms with E-state index in [4.69, 9.17) is 9.88 Å². The van der Waals surface area contributed by atoms with Crippen LogP contribution in [0.15, 0.2) is 12.4 Å². The van der Waals surface area contributed by atoms with E-state index in [0.717, 1.165) is 12.4 Å². The fourth-order valence-electron chi connectivity index (χ4n) is 1.84. The monoisotopic (exact) mass is 261 g/mol. The van der Waals surface area contributed by atoms with E-state index in [1.165, 1.54) is 0 Å². The minimum absolute atomic E-state index is 0.0181. The molecule has 0 saturated carbocycles. The normalized spacial score (nSPS) is 25.8. The van der Waals surface area contributed by atoms with E-state index < -0.39 is 27.0 Å². The van der Waals surface area contributed by atoms with Crippen LogP contribution in [0, 0.1) is 5.82 Å². The number of nitrogens with two attached hydrogens (primary N) is 1. The molecule has 0 bridgehead atoms. The second-order valence-corrected chi connectivity index (χ2v) is 5.64. The van der Waals surface area contributed by atoms with Crippen molar-refractivity contribution in [3.63, 3.8) is 0 Å². The SMILES string of the molecule is NS(=O)(=O)[C@@H]1COCC[C@@H]1c1ncc(F)cn1. The molecule has 1 aliphatic heterocycles. The van der Waals surface area contributed by atoms with Gasteiger partial charge in [0.05, 0.1) is 19.0 Å². The molecule has 1 aliphatic rings. The van der Waals surface area contributed by atoms with Gasteiger partial charge in [-0.1, -0.05) is 0 Å². The fraction of sp³-hybridized carbons (Fsp3) is 0.556. The number of nitrogens with zero attached hydrogens (tertiary/aromatic N) is 2. The third-order valence-electron chi connectivity index (χ3n) is 2.70. The molecule has 1 aromatic rings. The van der Waals surface area contributed by atoms with Crippen LogP contribution in [0.5, 0.6) is 0 Å². The zero-order valence-electron chi connectivity index (χ0n) is 8.91. The van der Waals surface area contributed by atoms with Gasteiger partial charge in [0.25, 0.3) is 0 Å². The average molecular weight is 261 g/mol. The van der Waals surface area contributed by atoms with Crippen LogP contribution in [0.25, 0.3) is 0 Å². The maximum Gasteiger partial charge on any atom is 0.214 e. The van der Waals surface area contributed by atoms with Gasteiger partial charge in [-0.2, -0.15) is 0 Å². The first-order chi connectivity index (χ1) is 7.98. The van der Waals surface area contributed by atoms with Crippen molar-refractivity contribution < 1.29 is 17.5 Å². The first-order valence-electron chi connectivity index (χ1n) is 5.05. The molecule has 2 atom stereocenters. The van der Waals surface area contributed by atoms with Crippen molar-refractivity contribution in [3.05, 3.63) is 24.0 Å². The highest BCUT2D eigenvalue weighted by Crippen LogP contribution is 2.28. The zero-order valence-corrected chi connectivity index (χ0v) is 9.73. The van der Waals surface area contributed by atoms with Crippen LogP contribution in [0.1, 0.15) is 18.2 Å². The molecule has 1 fully saturated rings. The van der Waals surface area contributed by atoms with Gasteiger partial charge in [-0.3, -0.25) is 0 Å². The molecule has 0 unspecified atom stereocenters. The smallest absolute Gasteiger partial charge is 0.214 e. The molecule has 6 nitrogen and oxygen atoms in total. The summed E-state index contributed by atoms with van der Waals surface area (Å²) in [6.07, 6.45) is 2.47. The number of hydrogen-bond donors (Lipinski definition) is 1. The standard InChI is InChI=1S/C9H12FN3O3S/c10-6-3-12-9(13-4-6)7-1-2-16-5-8(7)17(11,14)15/h3-4,7-8H,1-2,5H2,(H2,11,14,15)/t7-,8+/m0/s1. The van der Waals surface area contributed by atoms with Crippen molar-refractivity contribution in [1.29, 1.82) is 0 Å². The number of hydrogen-bond acceptors (Lipinski definition) is 5. The zero-order chi connectivity index (χ0) is 12.5. The predicted molar refractivity (Wildman–Crippen MR) is 57.1 cm³/mol. The second kappa shape index (κ2) is 4.63. The second-order valence-electron chi connectivity index (χ2n) is 3.86. The van der Waals surface area contributed by atoms with E-state index in [2.05, 4.69) is 9.97 Å². The summed E-state index contributed by atoms with van der Waals surface area (Å²) < 4.78 is 40.6. The molecule has 0 spiro atoms. The highest BCUT2D eigenvalue weighted by molar-refractivity contribution is 7.89. The summed E-state index contributed by atoms with van der Waals surface area (Å²) in [6.45, 7) is 0.432. The minimum Gasteiger partial charge on any atom is -0.380 e. The number of rotatable bonds is 2. The maximum absolute atomic E-state index is 12.7. The number of aromatic nitrogens is 2. The summed E-state index contributed by atoms with van der Waals surface area (Å²) in [5.41, 5.74) is 0. The van der Waals surface area contributed by atoms with Gasteiger partial charge in [-0.05, 0) is 6.42 Å². The van der Waals surface area contributed by atoms with Crippen LogP contribution in [0.2, 0.25) is 0 Å². The van der Waals surface area contributed by atoms with Gasteiger partial charge >= 0.3 is 0 Å². The topological polar surface area (TPSA) is 95.2 Å². The molecule has 1 saturated heterocycles. The van der Waals surface area contributed by atoms with Crippen LogP contribution >= 0.6 is 0 Å². The molecule has 2 N–H and O–H groups in total. The molecular weight excluding hydrogens is 249 g/mol. The highest BCUT2D eigenvalue weighted by atomic mass is 32.2. The van der Waals surface area contributed by atoms with E-state index in [1.54, 1.807) is 0 Å². The maximum atomic E-state index is 12.7. The molecule has 94 valence electrons. The lowest BCUT2D eigenvalue weighted by molar-refractivity contribution is 0.0861. The van der Waals surface area contributed by atoms with E-state index in [1.807, 2.05) is 0 Å². The van der Waals surface area contributed by atoms with E-state index in [-0.39, 0.29) is 12.4 Å². The number of halogens is 1. The third kappa shape index (κ3) is 2.76. The Labute approximate surface area is 98.1 Å². The molecule has 2 rings (SSSR count). The van der Waals surface area contributed by atoms with Gasteiger partial charge in [-0.25, -0.2) is 27.9 Å². The lowest BCUT2D eigenvalue weighted by Crippen LogP contribution is -2.41. The van der Waals surface area contributed by atoms with Crippen molar-refractivity contribution in [3.8, 4) is 0 Å². The number of sulfonamides is 1. The highest BCUT2D eigenvalue weighted by Gasteiger charge is 2.36. The van der Waals surface area contributed by atoms with Crippen molar-refractivity contribution in [2.45, 2.75) is 17.6 Å². The first-order valence-corrected chi connectivity index (χ1v) is 6.66. The largest absolute Gasteiger partial charge is 0.380 e. The molecule has 8 heteroatoms. The number of primary sulfonamides is 1. The molecule has 0 amide bonds. The van der Waals surface area contributed by atoms with Gasteiger partial charge < -0.3 is 4.74 Å². The molecule has 1 aromatic heterocycles. The minimum atomic E-state index is -3.73. The van der Waals surface area contributed by atoms with Gasteiger partial charge in [0.15, 0.2) is 5.82 Å². The summed E-state index contributed by atoms with van der Waals surface area (Å²) in [4.78, 5) is 7.61. The summed E-state index contributed by atoms with van der Waals surface area (Å²) in [6, 6.07) is 0. The summed E-state index contributed by atoms with van der Waals surface area (Å²) in [5.74, 6) is -0.721. The third-order valence-corrected chi connectivity index (χ3v) is 4.01. The fourth-order valence-corrected chi connectivity index (χ4v) is 2.85. The Morgan fingerprint density at radius 1 is 1.41 bits per heavy atom. The first kappa shape index (κ1) is 12.3. The summed E-state index contributed by atoms with van der Waals surface area (Å²) in [7, 11) is -3.73. The van der Waals surface area contributed by atoms with Gasteiger partial charge in [0.1, 0.15) is 11.1 Å². The number of ether oxygens (including phenoxy) is 1. The van der Waals surface area contributed by atoms with Crippen LogP contribution in [-0.4, -0.2) is 36.8 Å². The van der Waals surface area contributed by atoms with Crippen molar-refractivity contribution in [1.82, 2.24) is 9.97 Å². The van der Waals surface area contributed by atoms with Crippen molar-refractivity contribution in [2.75, 3.05) is 13.2 Å². The van der Waals surface area contributed by atoms with Gasteiger partial charge in [0, 0.05) is 12.5 Å². The molecule has 0 aliphatic carbocycles. The Morgan fingerprint density at radius 2 is 2.06 bits per heavy atom. The summed E-state index contributed by atoms with van der Waals surface area (Å²) in [5, 5.41) is 4.26. The van der Waals surface area contributed by atoms with Crippen LogP contribution in [0.3, 0.4) is 0 Å². The summed E-state index contributed by atoms with van der Waals surface area (Å²) >= 11 is 0. The van der Waals surface area contributed by atoms with Crippen molar-refractivity contribution in [2.24, 2.45) is 5.14 Å². The van der Waals surface area contributed by atoms with E-state index >= 15 is 0 Å². The van der Waals surface area contributed by atoms with Crippen LogP contribution in [-0.2, 0) is 14.8 Å². The Balaban J connectivity index is 2.31. The van der Waals surface area contributed by atoms with Crippen LogP contribution in [0.4, 0.5) is 4.39 Å².